The molecule has 6 heteroatoms. The molecule has 3 heterocycles. The van der Waals surface area contributed by atoms with Gasteiger partial charge >= 0.3 is 6.09 Å². The smallest absolute Gasteiger partial charge is 0.407 e. The largest absolute Gasteiger partial charge is 0.465 e. The van der Waals surface area contributed by atoms with Gasteiger partial charge in [-0.15, -0.1) is 0 Å². The Labute approximate surface area is 157 Å². The second kappa shape index (κ2) is 7.39. The predicted molar refractivity (Wildman–Crippen MR) is 103 cm³/mol. The van der Waals surface area contributed by atoms with Crippen molar-refractivity contribution in [2.75, 3.05) is 13.1 Å². The van der Waals surface area contributed by atoms with Crippen LogP contribution < -0.4 is 0 Å². The molecule has 0 saturated carbocycles. The van der Waals surface area contributed by atoms with Gasteiger partial charge in [-0.05, 0) is 56.2 Å². The van der Waals surface area contributed by atoms with Crippen molar-refractivity contribution in [2.45, 2.75) is 32.6 Å². The highest BCUT2D eigenvalue weighted by molar-refractivity contribution is 5.88. The van der Waals surface area contributed by atoms with Gasteiger partial charge in [0.25, 0.3) is 0 Å². The lowest BCUT2D eigenvalue weighted by Gasteiger charge is -2.29. The van der Waals surface area contributed by atoms with E-state index in [1.165, 1.54) is 4.90 Å². The molecule has 3 aromatic rings. The van der Waals surface area contributed by atoms with E-state index in [4.69, 9.17) is 9.63 Å². The van der Waals surface area contributed by atoms with Gasteiger partial charge in [0.05, 0.1) is 5.69 Å². The van der Waals surface area contributed by atoms with Gasteiger partial charge in [-0.25, -0.2) is 4.79 Å². The van der Waals surface area contributed by atoms with E-state index < -0.39 is 6.09 Å². The third kappa shape index (κ3) is 3.52. The fourth-order valence-corrected chi connectivity index (χ4v) is 3.96. The Bertz CT molecular complexity index is 944. The average Bonchev–Trinajstić information content (AvgIpc) is 3.11. The maximum Gasteiger partial charge on any atom is 0.407 e. The van der Waals surface area contributed by atoms with Crippen molar-refractivity contribution in [3.8, 4) is 11.1 Å². The Balaban J connectivity index is 1.48. The lowest BCUT2D eigenvalue weighted by atomic mass is 9.91. The van der Waals surface area contributed by atoms with Crippen molar-refractivity contribution in [3.63, 3.8) is 0 Å². The van der Waals surface area contributed by atoms with Crippen LogP contribution >= 0.6 is 0 Å². The molecule has 0 atom stereocenters. The Kier molecular flexibility index (Phi) is 4.79. The first kappa shape index (κ1) is 17.5. The number of likely N-dealkylation sites (tertiary alicyclic amines) is 1. The number of carboxylic acid groups (broad SMARTS) is 1. The number of amides is 1. The van der Waals surface area contributed by atoms with Gasteiger partial charge in [0.1, 0.15) is 0 Å². The van der Waals surface area contributed by atoms with Crippen LogP contribution in [0.1, 0.15) is 30.5 Å². The molecule has 0 unspecified atom stereocenters. The first-order valence-corrected chi connectivity index (χ1v) is 9.39. The molecule has 0 bridgehead atoms. The lowest BCUT2D eigenvalue weighted by molar-refractivity contribution is 0.123. The number of fused-ring (bicyclic) bond motifs is 1. The number of carbonyl (C=O) groups is 1. The van der Waals surface area contributed by atoms with Crippen molar-refractivity contribution in [2.24, 2.45) is 5.92 Å². The zero-order valence-electron chi connectivity index (χ0n) is 15.4. The van der Waals surface area contributed by atoms with E-state index in [1.807, 2.05) is 18.3 Å². The van der Waals surface area contributed by atoms with E-state index in [0.717, 1.165) is 59.0 Å². The Morgan fingerprint density at radius 2 is 2.11 bits per heavy atom. The number of pyridine rings is 1. The fourth-order valence-electron chi connectivity index (χ4n) is 3.96. The first-order chi connectivity index (χ1) is 13.1. The number of piperidine rings is 1. The Hall–Kier alpha value is -2.89. The zero-order valence-corrected chi connectivity index (χ0v) is 15.4. The predicted octanol–water partition coefficient (Wildman–Crippen LogP) is 4.52. The molecular weight excluding hydrogens is 342 g/mol. The number of aromatic nitrogens is 2. The average molecular weight is 365 g/mol. The van der Waals surface area contributed by atoms with Crippen molar-refractivity contribution in [1.82, 2.24) is 15.0 Å². The topological polar surface area (TPSA) is 79.5 Å². The molecule has 1 N–H and O–H groups in total. The van der Waals surface area contributed by atoms with Gasteiger partial charge in [-0.1, -0.05) is 17.3 Å². The molecule has 0 aliphatic carbocycles. The quantitative estimate of drug-likeness (QED) is 0.735. The second-order valence-electron chi connectivity index (χ2n) is 7.24. The normalized spacial score (nSPS) is 15.4. The van der Waals surface area contributed by atoms with Crippen molar-refractivity contribution in [3.05, 3.63) is 47.9 Å². The molecule has 1 aliphatic heterocycles. The van der Waals surface area contributed by atoms with Gasteiger partial charge in [0.15, 0.2) is 5.58 Å². The Morgan fingerprint density at radius 3 is 2.81 bits per heavy atom. The summed E-state index contributed by atoms with van der Waals surface area (Å²) in [5, 5.41) is 14.4. The van der Waals surface area contributed by atoms with E-state index in [9.17, 15) is 4.79 Å². The summed E-state index contributed by atoms with van der Waals surface area (Å²) in [4.78, 5) is 16.7. The van der Waals surface area contributed by atoms with E-state index in [2.05, 4.69) is 29.2 Å². The number of nitrogens with zero attached hydrogens (tertiary/aromatic N) is 3. The number of hydrogen-bond donors (Lipinski definition) is 1. The molecule has 0 radical (unpaired) electrons. The van der Waals surface area contributed by atoms with Crippen LogP contribution in [-0.2, 0) is 6.42 Å². The fraction of sp³-hybridized carbons (Fsp3) is 0.381. The van der Waals surface area contributed by atoms with Gasteiger partial charge in [-0.2, -0.15) is 0 Å². The molecule has 6 nitrogen and oxygen atoms in total. The standard InChI is InChI=1S/C21H23N3O3/c1-14-17(16-3-2-10-22-13-16)5-6-18-19(23-27-20(14)18)7-4-15-8-11-24(12-9-15)21(25)26/h2-3,5-6,10,13,15H,4,7-9,11-12H2,1H3,(H,25,26). The van der Waals surface area contributed by atoms with E-state index in [1.54, 1.807) is 6.20 Å². The van der Waals surface area contributed by atoms with Gasteiger partial charge in [0.2, 0.25) is 0 Å². The summed E-state index contributed by atoms with van der Waals surface area (Å²) in [6.07, 6.45) is 6.53. The molecule has 2 aromatic heterocycles. The summed E-state index contributed by atoms with van der Waals surface area (Å²) in [6.45, 7) is 3.32. The number of rotatable bonds is 4. The molecule has 140 valence electrons. The number of aryl methyl sites for hydroxylation is 2. The van der Waals surface area contributed by atoms with Crippen molar-refractivity contribution < 1.29 is 14.4 Å². The summed E-state index contributed by atoms with van der Waals surface area (Å²) in [6, 6.07) is 8.17. The summed E-state index contributed by atoms with van der Waals surface area (Å²) in [7, 11) is 0. The van der Waals surface area contributed by atoms with Crippen molar-refractivity contribution in [1.29, 1.82) is 0 Å². The number of hydrogen-bond acceptors (Lipinski definition) is 4. The van der Waals surface area contributed by atoms with Crippen molar-refractivity contribution >= 4 is 17.1 Å². The minimum Gasteiger partial charge on any atom is -0.465 e. The first-order valence-electron chi connectivity index (χ1n) is 9.39. The third-order valence-electron chi connectivity index (χ3n) is 5.61. The molecule has 1 aromatic carbocycles. The summed E-state index contributed by atoms with van der Waals surface area (Å²) in [5.74, 6) is 0.545. The van der Waals surface area contributed by atoms with Gasteiger partial charge in [0, 0.05) is 42.0 Å². The highest BCUT2D eigenvalue weighted by atomic mass is 16.5. The molecule has 0 spiro atoms. The minimum absolute atomic E-state index is 0.545. The Morgan fingerprint density at radius 1 is 1.30 bits per heavy atom. The second-order valence-corrected chi connectivity index (χ2v) is 7.24. The van der Waals surface area contributed by atoms with Gasteiger partial charge < -0.3 is 14.5 Å². The molecule has 27 heavy (non-hydrogen) atoms. The summed E-state index contributed by atoms with van der Waals surface area (Å²) >= 11 is 0. The molecule has 1 amide bonds. The molecule has 1 saturated heterocycles. The van der Waals surface area contributed by atoms with Crippen LogP contribution in [0, 0.1) is 12.8 Å². The van der Waals surface area contributed by atoms with Crippen LogP contribution in [-0.4, -0.2) is 39.3 Å². The van der Waals surface area contributed by atoms with E-state index >= 15 is 0 Å². The van der Waals surface area contributed by atoms with E-state index in [0.29, 0.717) is 19.0 Å². The van der Waals surface area contributed by atoms with Crippen LogP contribution in [0.2, 0.25) is 0 Å². The van der Waals surface area contributed by atoms with E-state index in [-0.39, 0.29) is 0 Å². The maximum absolute atomic E-state index is 11.0. The zero-order chi connectivity index (χ0) is 18.8. The highest BCUT2D eigenvalue weighted by Gasteiger charge is 2.23. The summed E-state index contributed by atoms with van der Waals surface area (Å²) < 4.78 is 5.67. The van der Waals surface area contributed by atoms with Crippen LogP contribution in [0.25, 0.3) is 22.1 Å². The van der Waals surface area contributed by atoms with Gasteiger partial charge in [-0.3, -0.25) is 4.98 Å². The van der Waals surface area contributed by atoms with Crippen LogP contribution in [0.15, 0.2) is 41.2 Å². The summed E-state index contributed by atoms with van der Waals surface area (Å²) in [5.41, 5.74) is 5.09. The number of benzene rings is 1. The monoisotopic (exact) mass is 365 g/mol. The molecule has 4 rings (SSSR count). The molecule has 1 aliphatic rings. The molecular formula is C21H23N3O3. The lowest BCUT2D eigenvalue weighted by Crippen LogP contribution is -2.37. The third-order valence-corrected chi connectivity index (χ3v) is 5.61. The molecule has 1 fully saturated rings. The van der Waals surface area contributed by atoms with Crippen LogP contribution in [0.3, 0.4) is 0 Å². The van der Waals surface area contributed by atoms with Crippen LogP contribution in [0.5, 0.6) is 0 Å². The maximum atomic E-state index is 11.0. The van der Waals surface area contributed by atoms with Crippen LogP contribution in [0.4, 0.5) is 4.79 Å². The highest BCUT2D eigenvalue weighted by Crippen LogP contribution is 2.32. The SMILES string of the molecule is Cc1c(-c2cccnc2)ccc2c(CCC3CCN(C(=O)O)CC3)noc12. The minimum atomic E-state index is -0.809.